The van der Waals surface area contributed by atoms with Crippen LogP contribution in [-0.4, -0.2) is 16.1 Å². The van der Waals surface area contributed by atoms with Gasteiger partial charge >= 0.3 is 0 Å². The van der Waals surface area contributed by atoms with E-state index < -0.39 is 0 Å². The van der Waals surface area contributed by atoms with Crippen LogP contribution in [0.15, 0.2) is 36.9 Å². The number of halogens is 3. The van der Waals surface area contributed by atoms with Gasteiger partial charge in [0.15, 0.2) is 0 Å². The fourth-order valence-electron chi connectivity index (χ4n) is 1.72. The Balaban J connectivity index is 0.00000180. The highest BCUT2D eigenvalue weighted by Gasteiger charge is 2.04. The lowest BCUT2D eigenvalue weighted by Crippen LogP contribution is -2.16. The van der Waals surface area contributed by atoms with E-state index in [9.17, 15) is 0 Å². The normalized spacial score (nSPS) is 10.2. The largest absolute Gasteiger partial charge is 0.337 e. The first-order valence-electron chi connectivity index (χ1n) is 5.86. The summed E-state index contributed by atoms with van der Waals surface area (Å²) in [5, 5.41) is 4.77. The summed E-state index contributed by atoms with van der Waals surface area (Å²) >= 11 is 12.2. The number of aromatic nitrogens is 2. The van der Waals surface area contributed by atoms with Crippen molar-refractivity contribution in [3.63, 3.8) is 0 Å². The molecule has 0 fully saturated rings. The third-order valence-electron chi connectivity index (χ3n) is 2.69. The molecular weight excluding hydrogens is 305 g/mol. The van der Waals surface area contributed by atoms with Crippen LogP contribution in [0.2, 0.25) is 10.0 Å². The monoisotopic (exact) mass is 319 g/mol. The first kappa shape index (κ1) is 16.3. The maximum absolute atomic E-state index is 6.09. The number of nitrogens with zero attached hydrogens (tertiary/aromatic N) is 2. The Bertz CT molecular complexity index is 466. The Labute approximate surface area is 129 Å². The predicted octanol–water partition coefficient (Wildman–Crippen LogP) is 3.79. The first-order valence-corrected chi connectivity index (χ1v) is 6.62. The molecule has 0 saturated heterocycles. The van der Waals surface area contributed by atoms with Gasteiger partial charge in [0.25, 0.3) is 0 Å². The summed E-state index contributed by atoms with van der Waals surface area (Å²) in [5.74, 6) is 0. The molecule has 0 aliphatic carbocycles. The number of rotatable bonds is 6. The van der Waals surface area contributed by atoms with E-state index in [1.165, 1.54) is 0 Å². The second-order valence-electron chi connectivity index (χ2n) is 4.03. The number of nitrogens with one attached hydrogen (secondary N) is 1. The maximum Gasteiger partial charge on any atom is 0.0945 e. The summed E-state index contributed by atoms with van der Waals surface area (Å²) in [4.78, 5) is 4.00. The third kappa shape index (κ3) is 5.03. The van der Waals surface area contributed by atoms with Crippen LogP contribution in [0.5, 0.6) is 0 Å². The number of imidazole rings is 1. The van der Waals surface area contributed by atoms with Crippen molar-refractivity contribution in [1.82, 2.24) is 14.9 Å². The minimum atomic E-state index is 0. The van der Waals surface area contributed by atoms with Gasteiger partial charge in [-0.15, -0.1) is 12.4 Å². The number of hydrogen-bond acceptors (Lipinski definition) is 2. The second-order valence-corrected chi connectivity index (χ2v) is 4.85. The molecule has 19 heavy (non-hydrogen) atoms. The molecule has 0 aliphatic heterocycles. The predicted molar refractivity (Wildman–Crippen MR) is 82.3 cm³/mol. The molecule has 0 unspecified atom stereocenters. The highest BCUT2D eigenvalue weighted by atomic mass is 35.5. The summed E-state index contributed by atoms with van der Waals surface area (Å²) in [5.41, 5.74) is 0.962. The number of hydrogen-bond donors (Lipinski definition) is 1. The third-order valence-corrected chi connectivity index (χ3v) is 3.40. The van der Waals surface area contributed by atoms with Crippen molar-refractivity contribution in [2.24, 2.45) is 0 Å². The molecule has 0 spiro atoms. The van der Waals surface area contributed by atoms with Crippen molar-refractivity contribution < 1.29 is 0 Å². The van der Waals surface area contributed by atoms with Crippen LogP contribution in [0, 0.1) is 0 Å². The quantitative estimate of drug-likeness (QED) is 0.821. The summed E-state index contributed by atoms with van der Waals surface area (Å²) < 4.78 is 2.06. The van der Waals surface area contributed by atoms with Crippen LogP contribution >= 0.6 is 35.6 Å². The van der Waals surface area contributed by atoms with E-state index in [-0.39, 0.29) is 12.4 Å². The zero-order valence-electron chi connectivity index (χ0n) is 10.4. The van der Waals surface area contributed by atoms with Crippen LogP contribution in [0.25, 0.3) is 0 Å². The smallest absolute Gasteiger partial charge is 0.0945 e. The molecule has 2 aromatic rings. The molecule has 0 saturated carbocycles. The zero-order valence-corrected chi connectivity index (χ0v) is 12.7. The molecule has 3 nitrogen and oxygen atoms in total. The van der Waals surface area contributed by atoms with Crippen molar-refractivity contribution in [1.29, 1.82) is 0 Å². The van der Waals surface area contributed by atoms with E-state index in [0.717, 1.165) is 25.1 Å². The average molecular weight is 321 g/mol. The van der Waals surface area contributed by atoms with E-state index in [0.29, 0.717) is 16.6 Å². The van der Waals surface area contributed by atoms with E-state index >= 15 is 0 Å². The molecule has 1 heterocycles. The Morgan fingerprint density at radius 2 is 1.95 bits per heavy atom. The molecule has 1 aromatic heterocycles. The number of benzene rings is 1. The molecule has 0 amide bonds. The minimum absolute atomic E-state index is 0. The van der Waals surface area contributed by atoms with Gasteiger partial charge in [-0.25, -0.2) is 4.98 Å². The molecule has 0 aliphatic rings. The Hall–Kier alpha value is -0.740. The fourth-order valence-corrected chi connectivity index (χ4v) is 2.25. The van der Waals surface area contributed by atoms with E-state index in [1.807, 2.05) is 30.7 Å². The topological polar surface area (TPSA) is 29.9 Å². The van der Waals surface area contributed by atoms with E-state index in [2.05, 4.69) is 14.9 Å². The van der Waals surface area contributed by atoms with Gasteiger partial charge in [0.2, 0.25) is 0 Å². The van der Waals surface area contributed by atoms with Crippen LogP contribution in [0.3, 0.4) is 0 Å². The highest BCUT2D eigenvalue weighted by Crippen LogP contribution is 2.23. The van der Waals surface area contributed by atoms with Crippen LogP contribution in [0.1, 0.15) is 12.0 Å². The summed E-state index contributed by atoms with van der Waals surface area (Å²) in [6.45, 7) is 2.57. The SMILES string of the molecule is Cl.Clc1cccc(Cl)c1CNCCCn1ccnc1. The molecule has 104 valence electrons. The zero-order chi connectivity index (χ0) is 12.8. The molecule has 0 radical (unpaired) electrons. The lowest BCUT2D eigenvalue weighted by Gasteiger charge is -2.08. The molecule has 2 rings (SSSR count). The van der Waals surface area contributed by atoms with Gasteiger partial charge in [-0.3, -0.25) is 0 Å². The minimum Gasteiger partial charge on any atom is -0.337 e. The number of aryl methyl sites for hydroxylation is 1. The van der Waals surface area contributed by atoms with Gasteiger partial charge in [-0.2, -0.15) is 0 Å². The van der Waals surface area contributed by atoms with Crippen molar-refractivity contribution >= 4 is 35.6 Å². The van der Waals surface area contributed by atoms with Crippen LogP contribution < -0.4 is 5.32 Å². The molecule has 1 aromatic carbocycles. The average Bonchev–Trinajstić information content (AvgIpc) is 2.85. The lowest BCUT2D eigenvalue weighted by atomic mass is 10.2. The summed E-state index contributed by atoms with van der Waals surface area (Å²) in [7, 11) is 0. The Kier molecular flexibility index (Phi) is 7.24. The van der Waals surface area contributed by atoms with E-state index in [4.69, 9.17) is 23.2 Å². The van der Waals surface area contributed by atoms with Crippen molar-refractivity contribution in [2.45, 2.75) is 19.5 Å². The Morgan fingerprint density at radius 3 is 2.58 bits per heavy atom. The second kappa shape index (κ2) is 8.43. The van der Waals surface area contributed by atoms with Crippen molar-refractivity contribution in [3.05, 3.63) is 52.5 Å². The van der Waals surface area contributed by atoms with Gasteiger partial charge in [0.1, 0.15) is 0 Å². The van der Waals surface area contributed by atoms with Crippen LogP contribution in [0.4, 0.5) is 0 Å². The highest BCUT2D eigenvalue weighted by molar-refractivity contribution is 6.35. The van der Waals surface area contributed by atoms with Gasteiger partial charge in [-0.05, 0) is 25.1 Å². The van der Waals surface area contributed by atoms with E-state index in [1.54, 1.807) is 6.20 Å². The standard InChI is InChI=1S/C13H15Cl2N3.ClH/c14-12-3-1-4-13(15)11(12)9-16-5-2-7-18-8-6-17-10-18;/h1,3-4,6,8,10,16H,2,5,7,9H2;1H. The fraction of sp³-hybridized carbons (Fsp3) is 0.308. The van der Waals surface area contributed by atoms with Gasteiger partial charge in [0.05, 0.1) is 6.33 Å². The van der Waals surface area contributed by atoms with Crippen molar-refractivity contribution in [3.8, 4) is 0 Å². The Morgan fingerprint density at radius 1 is 1.21 bits per heavy atom. The first-order chi connectivity index (χ1) is 8.77. The lowest BCUT2D eigenvalue weighted by molar-refractivity contribution is 0.581. The summed E-state index contributed by atoms with van der Waals surface area (Å²) in [6, 6.07) is 5.57. The van der Waals surface area contributed by atoms with Crippen molar-refractivity contribution in [2.75, 3.05) is 6.54 Å². The summed E-state index contributed by atoms with van der Waals surface area (Å²) in [6.07, 6.45) is 6.62. The van der Waals surface area contributed by atoms with Gasteiger partial charge in [0, 0.05) is 41.1 Å². The maximum atomic E-state index is 6.09. The molecular formula is C13H16Cl3N3. The molecule has 6 heteroatoms. The van der Waals surface area contributed by atoms with Crippen LogP contribution in [-0.2, 0) is 13.1 Å². The van der Waals surface area contributed by atoms with Gasteiger partial charge < -0.3 is 9.88 Å². The van der Waals surface area contributed by atoms with Gasteiger partial charge in [-0.1, -0.05) is 29.3 Å². The molecule has 0 atom stereocenters. The molecule has 0 bridgehead atoms. The molecule has 1 N–H and O–H groups in total.